The van der Waals surface area contributed by atoms with Gasteiger partial charge in [-0.05, 0) is 19.1 Å². The molecule has 0 aliphatic carbocycles. The number of carbonyl (C=O) groups is 1. The highest BCUT2D eigenvalue weighted by Gasteiger charge is 2.04. The molecule has 0 aliphatic rings. The number of carbonyl (C=O) groups excluding carboxylic acids is 1. The topological polar surface area (TPSA) is 77.2 Å². The maximum absolute atomic E-state index is 11.6. The zero-order chi connectivity index (χ0) is 11.8. The molecule has 0 saturated heterocycles. The third kappa shape index (κ3) is 4.37. The first-order valence-corrected chi connectivity index (χ1v) is 5.22. The van der Waals surface area contributed by atoms with Gasteiger partial charge < -0.3 is 15.8 Å². The van der Waals surface area contributed by atoms with Crippen LogP contribution >= 0.6 is 0 Å². The molecule has 88 valence electrons. The van der Waals surface area contributed by atoms with Gasteiger partial charge in [0, 0.05) is 30.5 Å². The highest BCUT2D eigenvalue weighted by molar-refractivity contribution is 5.94. The number of nitrogens with two attached hydrogens (primary N) is 1. The van der Waals surface area contributed by atoms with Crippen molar-refractivity contribution in [3.05, 3.63) is 29.6 Å². The van der Waals surface area contributed by atoms with E-state index in [0.717, 1.165) is 5.69 Å². The van der Waals surface area contributed by atoms with Gasteiger partial charge in [0.1, 0.15) is 0 Å². The summed E-state index contributed by atoms with van der Waals surface area (Å²) in [6, 6.07) is 3.43. The fraction of sp³-hybridized carbons (Fsp3) is 0.455. The van der Waals surface area contributed by atoms with Gasteiger partial charge in [-0.1, -0.05) is 0 Å². The van der Waals surface area contributed by atoms with Crippen LogP contribution in [-0.4, -0.2) is 37.2 Å². The van der Waals surface area contributed by atoms with Gasteiger partial charge in [0.2, 0.25) is 0 Å². The SMILES string of the molecule is Cc1cc(C(=O)NCCOCCN)ccn1. The number of pyridine rings is 1. The molecule has 0 radical (unpaired) electrons. The Morgan fingerprint density at radius 1 is 1.56 bits per heavy atom. The highest BCUT2D eigenvalue weighted by atomic mass is 16.5. The van der Waals surface area contributed by atoms with Crippen molar-refractivity contribution in [3.63, 3.8) is 0 Å². The Bertz CT molecular complexity index is 342. The molecule has 16 heavy (non-hydrogen) atoms. The molecule has 1 aromatic heterocycles. The molecule has 0 atom stereocenters. The molecule has 1 amide bonds. The van der Waals surface area contributed by atoms with Crippen LogP contribution in [0.4, 0.5) is 0 Å². The summed E-state index contributed by atoms with van der Waals surface area (Å²) in [5.41, 5.74) is 6.70. The summed E-state index contributed by atoms with van der Waals surface area (Å²) < 4.78 is 5.14. The Labute approximate surface area is 95.0 Å². The lowest BCUT2D eigenvalue weighted by molar-refractivity contribution is 0.0919. The van der Waals surface area contributed by atoms with Gasteiger partial charge in [-0.3, -0.25) is 9.78 Å². The van der Waals surface area contributed by atoms with Gasteiger partial charge in [-0.15, -0.1) is 0 Å². The molecule has 5 nitrogen and oxygen atoms in total. The molecule has 5 heteroatoms. The van der Waals surface area contributed by atoms with E-state index in [9.17, 15) is 4.79 Å². The van der Waals surface area contributed by atoms with Gasteiger partial charge in [0.05, 0.1) is 13.2 Å². The largest absolute Gasteiger partial charge is 0.378 e. The fourth-order valence-electron chi connectivity index (χ4n) is 1.21. The van der Waals surface area contributed by atoms with Crippen molar-refractivity contribution in [1.82, 2.24) is 10.3 Å². The van der Waals surface area contributed by atoms with E-state index in [-0.39, 0.29) is 5.91 Å². The summed E-state index contributed by atoms with van der Waals surface area (Å²) in [4.78, 5) is 15.6. The van der Waals surface area contributed by atoms with Crippen molar-refractivity contribution in [3.8, 4) is 0 Å². The van der Waals surface area contributed by atoms with Crippen LogP contribution in [0.2, 0.25) is 0 Å². The van der Waals surface area contributed by atoms with Gasteiger partial charge in [-0.2, -0.15) is 0 Å². The average Bonchev–Trinajstić information content (AvgIpc) is 2.28. The molecular formula is C11H17N3O2. The second-order valence-corrected chi connectivity index (χ2v) is 3.34. The number of hydrogen-bond donors (Lipinski definition) is 2. The van der Waals surface area contributed by atoms with E-state index in [0.29, 0.717) is 31.9 Å². The van der Waals surface area contributed by atoms with Crippen molar-refractivity contribution in [2.45, 2.75) is 6.92 Å². The predicted molar refractivity (Wildman–Crippen MR) is 61.2 cm³/mol. The minimum absolute atomic E-state index is 0.109. The maximum Gasteiger partial charge on any atom is 0.251 e. The number of aromatic nitrogens is 1. The summed E-state index contributed by atoms with van der Waals surface area (Å²) in [6.45, 7) is 3.83. The van der Waals surface area contributed by atoms with Crippen molar-refractivity contribution < 1.29 is 9.53 Å². The van der Waals surface area contributed by atoms with Crippen molar-refractivity contribution >= 4 is 5.91 Å². The van der Waals surface area contributed by atoms with Crippen LogP contribution in [0.5, 0.6) is 0 Å². The fourth-order valence-corrected chi connectivity index (χ4v) is 1.21. The number of rotatable bonds is 6. The van der Waals surface area contributed by atoms with Crippen molar-refractivity contribution in [1.29, 1.82) is 0 Å². The summed E-state index contributed by atoms with van der Waals surface area (Å²) in [5.74, 6) is -0.109. The van der Waals surface area contributed by atoms with Crippen LogP contribution in [0.25, 0.3) is 0 Å². The Kier molecular flexibility index (Phi) is 5.45. The molecule has 3 N–H and O–H groups in total. The Morgan fingerprint density at radius 2 is 2.38 bits per heavy atom. The molecule has 0 aromatic carbocycles. The van der Waals surface area contributed by atoms with E-state index in [1.165, 1.54) is 0 Å². The standard InChI is InChI=1S/C11H17N3O2/c1-9-8-10(2-4-13-9)11(15)14-5-7-16-6-3-12/h2,4,8H,3,5-7,12H2,1H3,(H,14,15). The number of nitrogens with one attached hydrogen (secondary N) is 1. The Morgan fingerprint density at radius 3 is 3.06 bits per heavy atom. The molecule has 1 heterocycles. The third-order valence-corrected chi connectivity index (χ3v) is 1.95. The molecule has 0 fully saturated rings. The lowest BCUT2D eigenvalue weighted by Crippen LogP contribution is -2.28. The molecule has 0 unspecified atom stereocenters. The van der Waals surface area contributed by atoms with Gasteiger partial charge >= 0.3 is 0 Å². The molecule has 0 aliphatic heterocycles. The first-order valence-electron chi connectivity index (χ1n) is 5.22. The Hall–Kier alpha value is -1.46. The average molecular weight is 223 g/mol. The predicted octanol–water partition coefficient (Wildman–Crippen LogP) is 0.0951. The summed E-state index contributed by atoms with van der Waals surface area (Å²) in [5, 5.41) is 2.75. The van der Waals surface area contributed by atoms with E-state index in [1.807, 2.05) is 6.92 Å². The van der Waals surface area contributed by atoms with Gasteiger partial charge in [0.25, 0.3) is 5.91 Å². The van der Waals surface area contributed by atoms with Crippen LogP contribution in [0.15, 0.2) is 18.3 Å². The molecule has 0 saturated carbocycles. The zero-order valence-electron chi connectivity index (χ0n) is 9.40. The second kappa shape index (κ2) is 6.92. The molecule has 0 bridgehead atoms. The molecule has 0 spiro atoms. The number of amides is 1. The monoisotopic (exact) mass is 223 g/mol. The first-order chi connectivity index (χ1) is 7.74. The molecule has 1 aromatic rings. The summed E-state index contributed by atoms with van der Waals surface area (Å²) in [7, 11) is 0. The Balaban J connectivity index is 2.30. The minimum Gasteiger partial charge on any atom is -0.378 e. The number of hydrogen-bond acceptors (Lipinski definition) is 4. The van der Waals surface area contributed by atoms with Crippen molar-refractivity contribution in [2.24, 2.45) is 5.73 Å². The second-order valence-electron chi connectivity index (χ2n) is 3.34. The number of aryl methyl sites for hydroxylation is 1. The smallest absolute Gasteiger partial charge is 0.251 e. The number of nitrogens with zero attached hydrogens (tertiary/aromatic N) is 1. The van der Waals surface area contributed by atoms with E-state index in [1.54, 1.807) is 18.3 Å². The quantitative estimate of drug-likeness (QED) is 0.670. The van der Waals surface area contributed by atoms with E-state index in [2.05, 4.69) is 10.3 Å². The molecular weight excluding hydrogens is 206 g/mol. The number of ether oxygens (including phenoxy) is 1. The van der Waals surface area contributed by atoms with E-state index < -0.39 is 0 Å². The lowest BCUT2D eigenvalue weighted by Gasteiger charge is -2.05. The van der Waals surface area contributed by atoms with Crippen LogP contribution in [0.3, 0.4) is 0 Å². The lowest BCUT2D eigenvalue weighted by atomic mass is 10.2. The van der Waals surface area contributed by atoms with Crippen LogP contribution in [0, 0.1) is 6.92 Å². The maximum atomic E-state index is 11.6. The zero-order valence-corrected chi connectivity index (χ0v) is 9.40. The van der Waals surface area contributed by atoms with Crippen LogP contribution in [0.1, 0.15) is 16.1 Å². The van der Waals surface area contributed by atoms with E-state index in [4.69, 9.17) is 10.5 Å². The molecule has 1 rings (SSSR count). The minimum atomic E-state index is -0.109. The van der Waals surface area contributed by atoms with Gasteiger partial charge in [0.15, 0.2) is 0 Å². The van der Waals surface area contributed by atoms with Gasteiger partial charge in [-0.25, -0.2) is 0 Å². The highest BCUT2D eigenvalue weighted by Crippen LogP contribution is 1.99. The first kappa shape index (κ1) is 12.6. The van der Waals surface area contributed by atoms with Crippen molar-refractivity contribution in [2.75, 3.05) is 26.3 Å². The van der Waals surface area contributed by atoms with Crippen LogP contribution < -0.4 is 11.1 Å². The summed E-state index contributed by atoms with van der Waals surface area (Å²) >= 11 is 0. The summed E-state index contributed by atoms with van der Waals surface area (Å²) in [6.07, 6.45) is 1.62. The third-order valence-electron chi connectivity index (χ3n) is 1.95. The van der Waals surface area contributed by atoms with E-state index >= 15 is 0 Å². The normalized spacial score (nSPS) is 10.1. The van der Waals surface area contributed by atoms with Crippen LogP contribution in [-0.2, 0) is 4.74 Å².